The zero-order valence-electron chi connectivity index (χ0n) is 12.6. The number of hydrogen-bond acceptors (Lipinski definition) is 5. The fourth-order valence-corrected chi connectivity index (χ4v) is 2.31. The molecule has 1 aliphatic heterocycles. The highest BCUT2D eigenvalue weighted by atomic mass is 35.5. The largest absolute Gasteiger partial charge is 0.586 e. The first-order valence-corrected chi connectivity index (χ1v) is 7.50. The number of carbonyl (C=O) groups excluding carboxylic acids is 1. The fourth-order valence-electron chi connectivity index (χ4n) is 2.12. The van der Waals surface area contributed by atoms with Crippen LogP contribution in [0.3, 0.4) is 0 Å². The molecule has 0 spiro atoms. The van der Waals surface area contributed by atoms with Gasteiger partial charge in [-0.3, -0.25) is 10.1 Å². The number of aromatic nitrogens is 1. The summed E-state index contributed by atoms with van der Waals surface area (Å²) in [6, 6.07) is 10.1. The Kier molecular flexibility index (Phi) is 4.71. The summed E-state index contributed by atoms with van der Waals surface area (Å²) in [4.78, 5) is 16.2. The zero-order valence-corrected chi connectivity index (χ0v) is 13.4. The Hall–Kier alpha value is -2.87. The summed E-state index contributed by atoms with van der Waals surface area (Å²) in [5, 5.41) is 5.67. The van der Waals surface area contributed by atoms with Crippen LogP contribution in [0.2, 0.25) is 5.15 Å². The van der Waals surface area contributed by atoms with Crippen molar-refractivity contribution in [2.24, 2.45) is 0 Å². The molecule has 1 aromatic heterocycles. The van der Waals surface area contributed by atoms with Crippen LogP contribution < -0.4 is 10.6 Å². The molecule has 6 nitrogen and oxygen atoms in total. The van der Waals surface area contributed by atoms with Crippen molar-refractivity contribution in [1.82, 2.24) is 10.3 Å². The number of alkyl halides is 2. The van der Waals surface area contributed by atoms with Crippen LogP contribution in [-0.4, -0.2) is 17.2 Å². The monoisotopic (exact) mass is 367 g/mol. The first-order valence-electron chi connectivity index (χ1n) is 7.12. The fraction of sp³-hybridized carbons (Fsp3) is 0.125. The van der Waals surface area contributed by atoms with Gasteiger partial charge in [-0.2, -0.15) is 0 Å². The Bertz CT molecular complexity index is 830. The molecule has 2 N–H and O–H groups in total. The highest BCUT2D eigenvalue weighted by Crippen LogP contribution is 2.27. The Morgan fingerprint density at radius 1 is 1.28 bits per heavy atom. The predicted molar refractivity (Wildman–Crippen MR) is 85.7 cm³/mol. The molecule has 2 aromatic rings. The van der Waals surface area contributed by atoms with Crippen molar-refractivity contribution in [1.29, 1.82) is 0 Å². The lowest BCUT2D eigenvalue weighted by atomic mass is 10.1. The molecule has 9 heteroatoms. The number of ether oxygens (including phenoxy) is 2. The van der Waals surface area contributed by atoms with Gasteiger partial charge in [0.15, 0.2) is 6.26 Å². The lowest BCUT2D eigenvalue weighted by Crippen LogP contribution is -2.26. The Balaban J connectivity index is 1.69. The number of rotatable bonds is 5. The highest BCUT2D eigenvalue weighted by molar-refractivity contribution is 6.29. The number of benzene rings is 1. The summed E-state index contributed by atoms with van der Waals surface area (Å²) < 4.78 is 33.7. The number of pyridine rings is 1. The van der Waals surface area contributed by atoms with Crippen LogP contribution >= 0.6 is 11.6 Å². The maximum Gasteiger partial charge on any atom is 0.586 e. The number of anilines is 1. The topological polar surface area (TPSA) is 72.5 Å². The maximum atomic E-state index is 12.8. The van der Waals surface area contributed by atoms with Crippen LogP contribution in [0.4, 0.5) is 14.5 Å². The summed E-state index contributed by atoms with van der Waals surface area (Å²) in [7, 11) is 0. The third-order valence-corrected chi connectivity index (χ3v) is 3.42. The van der Waals surface area contributed by atoms with E-state index < -0.39 is 18.1 Å². The van der Waals surface area contributed by atoms with Crippen molar-refractivity contribution in [2.75, 3.05) is 5.32 Å². The van der Waals surface area contributed by atoms with E-state index in [0.717, 1.165) is 5.56 Å². The Morgan fingerprint density at radius 3 is 2.80 bits per heavy atom. The molecular weight excluding hydrogens is 356 g/mol. The molecule has 1 amide bonds. The molecule has 3 rings (SSSR count). The van der Waals surface area contributed by atoms with Gasteiger partial charge in [-0.15, -0.1) is 8.78 Å². The summed E-state index contributed by atoms with van der Waals surface area (Å²) in [6.45, 7) is 0.396. The van der Waals surface area contributed by atoms with Gasteiger partial charge in [0.1, 0.15) is 5.15 Å². The van der Waals surface area contributed by atoms with E-state index in [1.54, 1.807) is 42.6 Å². The van der Waals surface area contributed by atoms with Crippen LogP contribution in [0.1, 0.15) is 15.9 Å². The second-order valence-electron chi connectivity index (χ2n) is 5.01. The quantitative estimate of drug-likeness (QED) is 0.792. The lowest BCUT2D eigenvalue weighted by Gasteiger charge is -2.13. The molecule has 130 valence electrons. The van der Waals surface area contributed by atoms with Gasteiger partial charge in [0.25, 0.3) is 5.91 Å². The van der Waals surface area contributed by atoms with Crippen molar-refractivity contribution in [2.45, 2.75) is 12.8 Å². The predicted octanol–water partition coefficient (Wildman–Crippen LogP) is 3.47. The smallest absolute Gasteiger partial charge is 0.402 e. The Morgan fingerprint density at radius 2 is 2.08 bits per heavy atom. The van der Waals surface area contributed by atoms with E-state index in [4.69, 9.17) is 11.6 Å². The summed E-state index contributed by atoms with van der Waals surface area (Å²) in [6.07, 6.45) is -1.56. The number of nitrogens with one attached hydrogen (secondary N) is 2. The molecule has 0 saturated carbocycles. The van der Waals surface area contributed by atoms with Crippen molar-refractivity contribution in [3.63, 3.8) is 0 Å². The number of carbonyl (C=O) groups is 1. The third-order valence-electron chi connectivity index (χ3n) is 3.21. The Labute approximate surface area is 146 Å². The minimum atomic E-state index is -3.78. The molecule has 0 saturated heterocycles. The van der Waals surface area contributed by atoms with Crippen molar-refractivity contribution in [3.05, 3.63) is 71.0 Å². The van der Waals surface area contributed by atoms with Crippen molar-refractivity contribution in [3.8, 4) is 0 Å². The van der Waals surface area contributed by atoms with Gasteiger partial charge >= 0.3 is 6.29 Å². The van der Waals surface area contributed by atoms with Gasteiger partial charge in [0.2, 0.25) is 5.88 Å². The number of para-hydroxylation sites is 1. The molecule has 0 atom stereocenters. The van der Waals surface area contributed by atoms with E-state index in [9.17, 15) is 13.6 Å². The van der Waals surface area contributed by atoms with Crippen LogP contribution in [0, 0.1) is 0 Å². The first-order chi connectivity index (χ1) is 11.9. The number of nitrogens with zero attached hydrogens (tertiary/aromatic N) is 1. The summed E-state index contributed by atoms with van der Waals surface area (Å²) >= 11 is 5.83. The third kappa shape index (κ3) is 4.36. The van der Waals surface area contributed by atoms with Gasteiger partial charge in [0.05, 0.1) is 5.56 Å². The number of hydrogen-bond donors (Lipinski definition) is 2. The molecule has 0 fully saturated rings. The molecule has 1 aromatic carbocycles. The van der Waals surface area contributed by atoms with Crippen LogP contribution in [0.5, 0.6) is 0 Å². The molecule has 0 radical (unpaired) electrons. The minimum absolute atomic E-state index is 0.252. The lowest BCUT2D eigenvalue weighted by molar-refractivity contribution is -0.334. The van der Waals surface area contributed by atoms with E-state index in [2.05, 4.69) is 25.1 Å². The van der Waals surface area contributed by atoms with Gasteiger partial charge in [-0.1, -0.05) is 23.7 Å². The van der Waals surface area contributed by atoms with E-state index in [-0.39, 0.29) is 5.56 Å². The SMILES string of the molecule is O=C(NC1=COC(F)(F)O1)c1ccccc1NCc1ccnc(Cl)c1. The highest BCUT2D eigenvalue weighted by Gasteiger charge is 2.41. The van der Waals surface area contributed by atoms with Gasteiger partial charge in [-0.05, 0) is 29.8 Å². The second kappa shape index (κ2) is 6.94. The normalized spacial score (nSPS) is 14.9. The van der Waals surface area contributed by atoms with Gasteiger partial charge < -0.3 is 14.8 Å². The molecule has 25 heavy (non-hydrogen) atoms. The molecule has 2 heterocycles. The molecule has 0 unspecified atom stereocenters. The average molecular weight is 368 g/mol. The van der Waals surface area contributed by atoms with Crippen LogP contribution in [-0.2, 0) is 16.0 Å². The maximum absolute atomic E-state index is 12.8. The van der Waals surface area contributed by atoms with E-state index in [0.29, 0.717) is 23.6 Å². The number of halogens is 3. The van der Waals surface area contributed by atoms with Crippen molar-refractivity contribution >= 4 is 23.2 Å². The second-order valence-corrected chi connectivity index (χ2v) is 5.39. The first kappa shape index (κ1) is 17.0. The summed E-state index contributed by atoms with van der Waals surface area (Å²) in [5.41, 5.74) is 1.63. The number of amides is 1. The zero-order chi connectivity index (χ0) is 17.9. The molecule has 0 bridgehead atoms. The van der Waals surface area contributed by atoms with Crippen molar-refractivity contribution < 1.29 is 23.0 Å². The molecule has 0 aliphatic carbocycles. The minimum Gasteiger partial charge on any atom is -0.402 e. The van der Waals surface area contributed by atoms with Gasteiger partial charge in [0, 0.05) is 18.4 Å². The molecule has 1 aliphatic rings. The molecular formula is C16H12ClF2N3O3. The average Bonchev–Trinajstić information content (AvgIpc) is 2.92. The van der Waals surface area contributed by atoms with E-state index >= 15 is 0 Å². The van der Waals surface area contributed by atoms with E-state index in [1.807, 2.05) is 0 Å². The van der Waals surface area contributed by atoms with Gasteiger partial charge in [-0.25, -0.2) is 4.98 Å². The summed E-state index contributed by atoms with van der Waals surface area (Å²) in [5.74, 6) is -1.09. The van der Waals surface area contributed by atoms with E-state index in [1.165, 1.54) is 0 Å². The standard InChI is InChI=1S/C16H12ClF2N3O3/c17-13-7-10(5-6-20-13)8-21-12-4-2-1-3-11(12)15(23)22-14-9-24-16(18,19)25-14/h1-7,9,21H,8H2,(H,22,23). The van der Waals surface area contributed by atoms with Crippen LogP contribution in [0.15, 0.2) is 54.7 Å². The van der Waals surface area contributed by atoms with Crippen LogP contribution in [0.25, 0.3) is 0 Å².